The number of anilines is 1. The molecule has 1 saturated heterocycles. The molecule has 1 aliphatic heterocycles. The number of rotatable bonds is 6. The Morgan fingerprint density at radius 2 is 1.97 bits per heavy atom. The number of nitrogens with zero attached hydrogens (tertiary/aromatic N) is 3. The molecule has 7 nitrogen and oxygen atoms in total. The smallest absolute Gasteiger partial charge is 0.229 e. The van der Waals surface area contributed by atoms with Crippen LogP contribution in [0.2, 0.25) is 0 Å². The highest BCUT2D eigenvalue weighted by molar-refractivity contribution is 14.0. The number of carbonyl (C=O) groups excluding carboxylic acids is 1. The molecule has 0 radical (unpaired) electrons. The predicted octanol–water partition coefficient (Wildman–Crippen LogP) is 3.61. The van der Waals surface area contributed by atoms with Gasteiger partial charge in [-0.1, -0.05) is 18.2 Å². The molecule has 0 saturated carbocycles. The Balaban J connectivity index is 0.00000289. The molecule has 0 bridgehead atoms. The molecular formula is C23H25FIN5O2. The molecule has 1 fully saturated rings. The molecule has 1 amide bonds. The molecule has 1 unspecified atom stereocenters. The number of oxazole rings is 1. The third-order valence-corrected chi connectivity index (χ3v) is 5.07. The minimum atomic E-state index is -0.297. The maximum atomic E-state index is 13.1. The fourth-order valence-electron chi connectivity index (χ4n) is 3.51. The monoisotopic (exact) mass is 549 g/mol. The first-order valence-corrected chi connectivity index (χ1v) is 10.2. The van der Waals surface area contributed by atoms with Crippen molar-refractivity contribution in [2.24, 2.45) is 4.99 Å². The summed E-state index contributed by atoms with van der Waals surface area (Å²) in [5.74, 6) is 0.891. The van der Waals surface area contributed by atoms with Crippen LogP contribution in [0.25, 0.3) is 11.5 Å². The minimum Gasteiger partial charge on any atom is -0.444 e. The molecule has 1 atom stereocenters. The van der Waals surface area contributed by atoms with Gasteiger partial charge in [0.25, 0.3) is 0 Å². The number of guanidine groups is 1. The van der Waals surface area contributed by atoms with E-state index in [9.17, 15) is 9.18 Å². The Labute approximate surface area is 203 Å². The van der Waals surface area contributed by atoms with Crippen LogP contribution < -0.4 is 15.5 Å². The zero-order chi connectivity index (χ0) is 21.6. The molecular weight excluding hydrogens is 524 g/mol. The highest BCUT2D eigenvalue weighted by atomic mass is 127. The van der Waals surface area contributed by atoms with Gasteiger partial charge in [0.05, 0.1) is 11.7 Å². The Kier molecular flexibility index (Phi) is 8.20. The van der Waals surface area contributed by atoms with Crippen LogP contribution in [0.15, 0.2) is 70.3 Å². The van der Waals surface area contributed by atoms with Gasteiger partial charge < -0.3 is 20.0 Å². The van der Waals surface area contributed by atoms with Gasteiger partial charge in [-0.05, 0) is 36.4 Å². The molecule has 32 heavy (non-hydrogen) atoms. The maximum absolute atomic E-state index is 13.1. The van der Waals surface area contributed by atoms with Crippen molar-refractivity contribution >= 4 is 41.5 Å². The van der Waals surface area contributed by atoms with E-state index in [0.29, 0.717) is 37.8 Å². The fourth-order valence-corrected chi connectivity index (χ4v) is 3.51. The van der Waals surface area contributed by atoms with Crippen LogP contribution in [-0.2, 0) is 11.2 Å². The Morgan fingerprint density at radius 1 is 1.22 bits per heavy atom. The quantitative estimate of drug-likeness (QED) is 0.279. The van der Waals surface area contributed by atoms with Gasteiger partial charge in [0.1, 0.15) is 12.1 Å². The number of benzene rings is 2. The van der Waals surface area contributed by atoms with E-state index in [2.05, 4.69) is 20.6 Å². The fraction of sp³-hybridized carbons (Fsp3) is 0.261. The van der Waals surface area contributed by atoms with Gasteiger partial charge in [0.15, 0.2) is 5.96 Å². The average Bonchev–Trinajstić information content (AvgIpc) is 3.40. The summed E-state index contributed by atoms with van der Waals surface area (Å²) in [6, 6.07) is 15.7. The third-order valence-electron chi connectivity index (χ3n) is 5.07. The van der Waals surface area contributed by atoms with Crippen LogP contribution in [0.1, 0.15) is 12.1 Å². The molecule has 4 rings (SSSR count). The lowest BCUT2D eigenvalue weighted by atomic mass is 10.2. The third kappa shape index (κ3) is 5.84. The van der Waals surface area contributed by atoms with Crippen LogP contribution >= 0.6 is 24.0 Å². The number of hydrogen-bond donors (Lipinski definition) is 2. The van der Waals surface area contributed by atoms with Crippen LogP contribution in [0.5, 0.6) is 0 Å². The Morgan fingerprint density at radius 3 is 2.69 bits per heavy atom. The molecule has 9 heteroatoms. The molecule has 2 N–H and O–H groups in total. The normalized spacial score (nSPS) is 16.1. The number of aromatic nitrogens is 1. The number of nitrogens with one attached hydrogen (secondary N) is 2. The molecule has 1 aliphatic rings. The molecule has 0 spiro atoms. The second-order valence-corrected chi connectivity index (χ2v) is 7.29. The van der Waals surface area contributed by atoms with Gasteiger partial charge in [-0.3, -0.25) is 9.79 Å². The van der Waals surface area contributed by atoms with Crippen molar-refractivity contribution in [3.63, 3.8) is 0 Å². The summed E-state index contributed by atoms with van der Waals surface area (Å²) in [5.41, 5.74) is 2.42. The standard InChI is InChI=1S/C23H24FN5O2.HI/c1-25-23(28-19-13-21(30)29(14-19)20-5-3-2-4-6-20)26-12-11-18-15-31-22(27-18)16-7-9-17(24)10-8-16;/h2-10,15,19H,11-14H2,1H3,(H2,25,26,28);1H. The molecule has 0 aliphatic carbocycles. The number of hydrogen-bond acceptors (Lipinski definition) is 4. The molecule has 1 aromatic heterocycles. The van der Waals surface area contributed by atoms with Crippen molar-refractivity contribution in [2.75, 3.05) is 25.0 Å². The van der Waals surface area contributed by atoms with Crippen molar-refractivity contribution < 1.29 is 13.6 Å². The summed E-state index contributed by atoms with van der Waals surface area (Å²) >= 11 is 0. The lowest BCUT2D eigenvalue weighted by Crippen LogP contribution is -2.45. The first-order valence-electron chi connectivity index (χ1n) is 10.2. The minimum absolute atomic E-state index is 0. The van der Waals surface area contributed by atoms with E-state index >= 15 is 0 Å². The van der Waals surface area contributed by atoms with Crippen LogP contribution in [0.4, 0.5) is 10.1 Å². The molecule has 2 aromatic carbocycles. The van der Waals surface area contributed by atoms with Gasteiger partial charge in [0, 0.05) is 44.2 Å². The van der Waals surface area contributed by atoms with Crippen molar-refractivity contribution in [2.45, 2.75) is 18.9 Å². The number of aliphatic imine (C=N–C) groups is 1. The summed E-state index contributed by atoms with van der Waals surface area (Å²) < 4.78 is 18.6. The number of carbonyl (C=O) groups is 1. The van der Waals surface area contributed by atoms with E-state index in [1.807, 2.05) is 30.3 Å². The van der Waals surface area contributed by atoms with E-state index in [0.717, 1.165) is 16.9 Å². The van der Waals surface area contributed by atoms with Crippen LogP contribution in [-0.4, -0.2) is 43.0 Å². The first-order chi connectivity index (χ1) is 15.1. The van der Waals surface area contributed by atoms with E-state index in [4.69, 9.17) is 4.42 Å². The molecule has 168 valence electrons. The van der Waals surface area contributed by atoms with Gasteiger partial charge in [-0.2, -0.15) is 0 Å². The van der Waals surface area contributed by atoms with Gasteiger partial charge in [-0.25, -0.2) is 9.37 Å². The summed E-state index contributed by atoms with van der Waals surface area (Å²) in [6.45, 7) is 1.19. The number of amides is 1. The summed E-state index contributed by atoms with van der Waals surface area (Å²) in [4.78, 5) is 22.9. The van der Waals surface area contributed by atoms with Gasteiger partial charge >= 0.3 is 0 Å². The lowest BCUT2D eigenvalue weighted by Gasteiger charge is -2.18. The summed E-state index contributed by atoms with van der Waals surface area (Å²) in [7, 11) is 1.70. The summed E-state index contributed by atoms with van der Waals surface area (Å²) in [5, 5.41) is 6.56. The Bertz CT molecular complexity index is 1060. The average molecular weight is 549 g/mol. The lowest BCUT2D eigenvalue weighted by molar-refractivity contribution is -0.117. The Hall–Kier alpha value is -2.95. The van der Waals surface area contributed by atoms with Crippen molar-refractivity contribution in [1.29, 1.82) is 0 Å². The summed E-state index contributed by atoms with van der Waals surface area (Å²) in [6.07, 6.45) is 2.65. The molecule has 3 aromatic rings. The first kappa shape index (κ1) is 23.7. The van der Waals surface area contributed by atoms with Gasteiger partial charge in [-0.15, -0.1) is 24.0 Å². The van der Waals surface area contributed by atoms with Crippen LogP contribution in [0, 0.1) is 5.82 Å². The topological polar surface area (TPSA) is 82.8 Å². The number of halogens is 2. The van der Waals surface area contributed by atoms with E-state index < -0.39 is 0 Å². The highest BCUT2D eigenvalue weighted by Gasteiger charge is 2.31. The second kappa shape index (κ2) is 11.1. The van der Waals surface area contributed by atoms with E-state index in [1.54, 1.807) is 30.3 Å². The maximum Gasteiger partial charge on any atom is 0.229 e. The predicted molar refractivity (Wildman–Crippen MR) is 133 cm³/mol. The SMILES string of the molecule is CN=C(NCCc1coc(-c2ccc(F)cc2)n1)NC1CC(=O)N(c2ccccc2)C1.I. The number of para-hydroxylation sites is 1. The molecule has 2 heterocycles. The van der Waals surface area contributed by atoms with Crippen molar-refractivity contribution in [3.05, 3.63) is 72.4 Å². The van der Waals surface area contributed by atoms with Crippen LogP contribution in [0.3, 0.4) is 0 Å². The second-order valence-electron chi connectivity index (χ2n) is 7.29. The van der Waals surface area contributed by atoms with Crippen molar-refractivity contribution in [3.8, 4) is 11.5 Å². The highest BCUT2D eigenvalue weighted by Crippen LogP contribution is 2.21. The largest absolute Gasteiger partial charge is 0.444 e. The van der Waals surface area contributed by atoms with E-state index in [-0.39, 0.29) is 41.7 Å². The van der Waals surface area contributed by atoms with E-state index in [1.165, 1.54) is 12.1 Å². The van der Waals surface area contributed by atoms with Gasteiger partial charge in [0.2, 0.25) is 11.8 Å². The zero-order valence-corrected chi connectivity index (χ0v) is 20.0. The van der Waals surface area contributed by atoms with Crippen molar-refractivity contribution in [1.82, 2.24) is 15.6 Å². The zero-order valence-electron chi connectivity index (χ0n) is 17.6.